The van der Waals surface area contributed by atoms with Gasteiger partial charge >= 0.3 is 0 Å². The average Bonchev–Trinajstić information content (AvgIpc) is 3.34. The van der Waals surface area contributed by atoms with Crippen LogP contribution >= 0.6 is 0 Å². The number of fused-ring (bicyclic) bond motifs is 4. The van der Waals surface area contributed by atoms with E-state index in [9.17, 15) is 4.79 Å². The molecule has 2 aliphatic rings. The zero-order valence-electron chi connectivity index (χ0n) is 17.1. The molecule has 0 aromatic carbocycles. The Morgan fingerprint density at radius 3 is 2.96 bits per heavy atom. The quantitative estimate of drug-likeness (QED) is 0.770. The van der Waals surface area contributed by atoms with E-state index < -0.39 is 0 Å². The molecular formula is C22H30N4O2. The summed E-state index contributed by atoms with van der Waals surface area (Å²) in [6.07, 6.45) is 5.96. The Labute approximate surface area is 167 Å². The van der Waals surface area contributed by atoms with E-state index in [2.05, 4.69) is 52.7 Å². The number of carbonyl (C=O) groups excluding carboxylic acids is 1. The van der Waals surface area contributed by atoms with E-state index >= 15 is 0 Å². The summed E-state index contributed by atoms with van der Waals surface area (Å²) in [6.45, 7) is 9.57. The van der Waals surface area contributed by atoms with Crippen molar-refractivity contribution in [1.82, 2.24) is 14.5 Å². The molecule has 2 aromatic rings. The zero-order chi connectivity index (χ0) is 19.7. The molecular weight excluding hydrogens is 352 g/mol. The Hall–Kier alpha value is -2.34. The molecule has 2 aromatic heterocycles. The molecule has 6 nitrogen and oxygen atoms in total. The van der Waals surface area contributed by atoms with Crippen LogP contribution in [0.25, 0.3) is 5.82 Å². The lowest BCUT2D eigenvalue weighted by Crippen LogP contribution is -2.53. The number of ether oxygens (including phenoxy) is 1. The van der Waals surface area contributed by atoms with Crippen LogP contribution in [0, 0.1) is 5.92 Å². The maximum atomic E-state index is 12.7. The monoisotopic (exact) mass is 382 g/mol. The molecule has 28 heavy (non-hydrogen) atoms. The first-order valence-electron chi connectivity index (χ1n) is 10.3. The molecule has 4 rings (SSSR count). The van der Waals surface area contributed by atoms with Crippen molar-refractivity contribution in [1.29, 1.82) is 0 Å². The summed E-state index contributed by atoms with van der Waals surface area (Å²) in [4.78, 5) is 21.8. The Morgan fingerprint density at radius 1 is 1.32 bits per heavy atom. The van der Waals surface area contributed by atoms with Crippen LogP contribution in [0.3, 0.4) is 0 Å². The zero-order valence-corrected chi connectivity index (χ0v) is 17.1. The highest BCUT2D eigenvalue weighted by molar-refractivity contribution is 5.78. The van der Waals surface area contributed by atoms with Gasteiger partial charge in [-0.2, -0.15) is 0 Å². The normalized spacial score (nSPS) is 20.7. The number of anilines is 1. The molecule has 0 saturated carbocycles. The third kappa shape index (κ3) is 3.09. The van der Waals surface area contributed by atoms with Gasteiger partial charge in [0.1, 0.15) is 12.1 Å². The molecule has 1 spiro atoms. The van der Waals surface area contributed by atoms with Gasteiger partial charge in [0.05, 0.1) is 11.4 Å². The number of amides is 1. The second kappa shape index (κ2) is 7.59. The minimum absolute atomic E-state index is 0.0811. The summed E-state index contributed by atoms with van der Waals surface area (Å²) in [5, 5.41) is 0. The molecule has 4 heterocycles. The van der Waals surface area contributed by atoms with Crippen molar-refractivity contribution in [3.05, 3.63) is 42.4 Å². The third-order valence-corrected chi connectivity index (χ3v) is 5.99. The van der Waals surface area contributed by atoms with Gasteiger partial charge in [-0.1, -0.05) is 13.8 Å². The highest BCUT2D eigenvalue weighted by atomic mass is 16.5. The maximum absolute atomic E-state index is 12.7. The minimum atomic E-state index is -0.212. The first-order valence-corrected chi connectivity index (χ1v) is 10.3. The SMILES string of the molecule is CCOCC(=O)N1CC[C@]2(C1)c1cccn1-c1ncccc1N2CCC(C)C. The van der Waals surface area contributed by atoms with Gasteiger partial charge in [-0.15, -0.1) is 0 Å². The van der Waals surface area contributed by atoms with Gasteiger partial charge in [-0.05, 0) is 49.9 Å². The lowest BCUT2D eigenvalue weighted by atomic mass is 9.88. The minimum Gasteiger partial charge on any atom is -0.372 e. The molecule has 1 amide bonds. The Kier molecular flexibility index (Phi) is 5.15. The van der Waals surface area contributed by atoms with Gasteiger partial charge in [0, 0.05) is 38.6 Å². The van der Waals surface area contributed by atoms with Crippen LogP contribution in [-0.2, 0) is 15.1 Å². The first kappa shape index (κ1) is 19.0. The number of hydrogen-bond donors (Lipinski definition) is 0. The molecule has 0 unspecified atom stereocenters. The van der Waals surface area contributed by atoms with Gasteiger partial charge in [0.25, 0.3) is 0 Å². The molecule has 0 N–H and O–H groups in total. The van der Waals surface area contributed by atoms with Gasteiger partial charge in [0.15, 0.2) is 5.82 Å². The van der Waals surface area contributed by atoms with Crippen molar-refractivity contribution in [2.24, 2.45) is 5.92 Å². The van der Waals surface area contributed by atoms with E-state index in [1.54, 1.807) is 0 Å². The Balaban J connectivity index is 1.73. The number of pyridine rings is 1. The van der Waals surface area contributed by atoms with Crippen molar-refractivity contribution in [2.45, 2.75) is 39.2 Å². The fourth-order valence-corrected chi connectivity index (χ4v) is 4.54. The average molecular weight is 383 g/mol. The van der Waals surface area contributed by atoms with E-state index in [4.69, 9.17) is 4.74 Å². The van der Waals surface area contributed by atoms with E-state index in [1.807, 2.05) is 24.1 Å². The molecule has 0 radical (unpaired) electrons. The number of hydrogen-bond acceptors (Lipinski definition) is 4. The number of aromatic nitrogens is 2. The summed E-state index contributed by atoms with van der Waals surface area (Å²) in [7, 11) is 0. The largest absolute Gasteiger partial charge is 0.372 e. The fraction of sp³-hybridized carbons (Fsp3) is 0.545. The van der Waals surface area contributed by atoms with Crippen molar-refractivity contribution in [2.75, 3.05) is 37.7 Å². The van der Waals surface area contributed by atoms with E-state index in [-0.39, 0.29) is 18.1 Å². The van der Waals surface area contributed by atoms with Crippen LogP contribution in [0.1, 0.15) is 39.3 Å². The van der Waals surface area contributed by atoms with Crippen LogP contribution < -0.4 is 4.90 Å². The summed E-state index contributed by atoms with van der Waals surface area (Å²) < 4.78 is 7.59. The Bertz CT molecular complexity index is 847. The predicted octanol–water partition coefficient (Wildman–Crippen LogP) is 3.20. The summed E-state index contributed by atoms with van der Waals surface area (Å²) in [5.41, 5.74) is 2.18. The smallest absolute Gasteiger partial charge is 0.248 e. The fourth-order valence-electron chi connectivity index (χ4n) is 4.54. The molecule has 1 atom stereocenters. The molecule has 1 fully saturated rings. The highest BCUT2D eigenvalue weighted by Crippen LogP contribution is 2.47. The van der Waals surface area contributed by atoms with Crippen molar-refractivity contribution < 1.29 is 9.53 Å². The molecule has 0 bridgehead atoms. The number of likely N-dealkylation sites (tertiary alicyclic amines) is 1. The second-order valence-electron chi connectivity index (χ2n) is 8.18. The van der Waals surface area contributed by atoms with Crippen molar-refractivity contribution in [3.8, 4) is 5.82 Å². The van der Waals surface area contributed by atoms with E-state index in [0.717, 1.165) is 37.4 Å². The molecule has 150 valence electrons. The summed E-state index contributed by atoms with van der Waals surface area (Å²) >= 11 is 0. The molecule has 1 saturated heterocycles. The highest BCUT2D eigenvalue weighted by Gasteiger charge is 2.50. The van der Waals surface area contributed by atoms with Crippen LogP contribution in [0.5, 0.6) is 0 Å². The van der Waals surface area contributed by atoms with E-state index in [1.165, 1.54) is 5.69 Å². The lowest BCUT2D eigenvalue weighted by molar-refractivity contribution is -0.135. The Morgan fingerprint density at radius 2 is 2.18 bits per heavy atom. The van der Waals surface area contributed by atoms with Gasteiger partial charge in [0.2, 0.25) is 5.91 Å². The first-order chi connectivity index (χ1) is 13.6. The van der Waals surface area contributed by atoms with Crippen molar-refractivity contribution in [3.63, 3.8) is 0 Å². The maximum Gasteiger partial charge on any atom is 0.248 e. The molecule has 6 heteroatoms. The number of rotatable bonds is 6. The lowest BCUT2D eigenvalue weighted by Gasteiger charge is -2.47. The molecule has 0 aliphatic carbocycles. The van der Waals surface area contributed by atoms with Gasteiger partial charge < -0.3 is 19.1 Å². The molecule has 2 aliphatic heterocycles. The van der Waals surface area contributed by atoms with Gasteiger partial charge in [-0.25, -0.2) is 4.98 Å². The number of carbonyl (C=O) groups is 1. The van der Waals surface area contributed by atoms with Crippen molar-refractivity contribution >= 4 is 11.6 Å². The number of nitrogens with zero attached hydrogens (tertiary/aromatic N) is 4. The van der Waals surface area contributed by atoms with Crippen LogP contribution in [0.15, 0.2) is 36.7 Å². The summed E-state index contributed by atoms with van der Waals surface area (Å²) in [5.74, 6) is 1.68. The summed E-state index contributed by atoms with van der Waals surface area (Å²) in [6, 6.07) is 8.46. The third-order valence-electron chi connectivity index (χ3n) is 5.99. The predicted molar refractivity (Wildman–Crippen MR) is 110 cm³/mol. The van der Waals surface area contributed by atoms with Crippen LogP contribution in [-0.4, -0.2) is 53.2 Å². The van der Waals surface area contributed by atoms with E-state index in [0.29, 0.717) is 19.1 Å². The second-order valence-corrected chi connectivity index (χ2v) is 8.18. The van der Waals surface area contributed by atoms with Gasteiger partial charge in [-0.3, -0.25) is 4.79 Å². The standard InChI is InChI=1S/C22H30N4O2/c1-4-28-15-20(27)24-14-10-22(16-24)19-8-6-12-25(19)21-18(7-5-11-23-21)26(22)13-9-17(2)3/h5-8,11-12,17H,4,9-10,13-16H2,1-3H3/t22-/m0/s1. The van der Waals surface area contributed by atoms with Crippen LogP contribution in [0.4, 0.5) is 5.69 Å². The topological polar surface area (TPSA) is 50.6 Å². The van der Waals surface area contributed by atoms with Crippen LogP contribution in [0.2, 0.25) is 0 Å².